The first-order valence-electron chi connectivity index (χ1n) is 4.02. The maximum absolute atomic E-state index is 11.4. The van der Waals surface area contributed by atoms with Crippen LogP contribution in [0.4, 0.5) is 0 Å². The van der Waals surface area contributed by atoms with Crippen LogP contribution in [-0.4, -0.2) is 22.7 Å². The van der Waals surface area contributed by atoms with Gasteiger partial charge in [0.25, 0.3) is 0 Å². The van der Waals surface area contributed by atoms with Crippen molar-refractivity contribution in [2.24, 2.45) is 0 Å². The van der Waals surface area contributed by atoms with Crippen molar-refractivity contribution in [2.45, 2.75) is 18.3 Å². The molecule has 0 aliphatic rings. The molecule has 1 aromatic heterocycles. The van der Waals surface area contributed by atoms with Gasteiger partial charge in [-0.15, -0.1) is 0 Å². The Kier molecular flexibility index (Phi) is 3.54. The molecule has 0 spiro atoms. The number of amides is 1. The van der Waals surface area contributed by atoms with E-state index in [9.17, 15) is 4.79 Å². The van der Waals surface area contributed by atoms with Gasteiger partial charge in [0.05, 0.1) is 17.6 Å². The molecule has 0 aliphatic heterocycles. The third-order valence-electron chi connectivity index (χ3n) is 1.69. The van der Waals surface area contributed by atoms with Gasteiger partial charge in [-0.3, -0.25) is 4.79 Å². The molecule has 0 fully saturated rings. The van der Waals surface area contributed by atoms with E-state index in [-0.39, 0.29) is 10.7 Å². The fourth-order valence-corrected chi connectivity index (χ4v) is 1.37. The van der Waals surface area contributed by atoms with Crippen LogP contribution in [0.15, 0.2) is 22.8 Å². The van der Waals surface area contributed by atoms with Crippen LogP contribution in [0, 0.1) is 0 Å². The summed E-state index contributed by atoms with van der Waals surface area (Å²) in [5.74, 6) is 0.848. The Morgan fingerprint density at radius 1 is 1.77 bits per heavy atom. The molecule has 1 amide bonds. The molecule has 72 valence electrons. The van der Waals surface area contributed by atoms with Gasteiger partial charge in [-0.05, 0) is 19.1 Å². The summed E-state index contributed by atoms with van der Waals surface area (Å²) in [6.07, 6.45) is 1.60. The summed E-state index contributed by atoms with van der Waals surface area (Å²) in [5.41, 5.74) is 0. The van der Waals surface area contributed by atoms with Crippen LogP contribution < -0.4 is 0 Å². The molecule has 4 heteroatoms. The van der Waals surface area contributed by atoms with Gasteiger partial charge in [-0.1, -0.05) is 15.9 Å². The second kappa shape index (κ2) is 4.46. The van der Waals surface area contributed by atoms with Gasteiger partial charge < -0.3 is 9.32 Å². The van der Waals surface area contributed by atoms with Crippen molar-refractivity contribution in [3.05, 3.63) is 24.2 Å². The van der Waals surface area contributed by atoms with E-state index in [4.69, 9.17) is 4.42 Å². The van der Waals surface area contributed by atoms with Crippen LogP contribution in [0.5, 0.6) is 0 Å². The number of hydrogen-bond donors (Lipinski definition) is 0. The highest BCUT2D eigenvalue weighted by Crippen LogP contribution is 2.07. The second-order valence-electron chi connectivity index (χ2n) is 2.89. The van der Waals surface area contributed by atoms with Gasteiger partial charge in [-0.25, -0.2) is 0 Å². The van der Waals surface area contributed by atoms with Crippen LogP contribution >= 0.6 is 15.9 Å². The smallest absolute Gasteiger partial charge is 0.236 e. The standard InChI is InChI=1S/C9H12BrNO2/c1-7(10)9(12)11(2)6-8-4-3-5-13-8/h3-5,7H,6H2,1-2H3. The topological polar surface area (TPSA) is 33.5 Å². The molecule has 13 heavy (non-hydrogen) atoms. The Bertz CT molecular complexity index is 269. The number of halogens is 1. The van der Waals surface area contributed by atoms with Crippen molar-refractivity contribution in [1.29, 1.82) is 0 Å². The fourth-order valence-electron chi connectivity index (χ4n) is 1.02. The summed E-state index contributed by atoms with van der Waals surface area (Å²) in [6.45, 7) is 2.32. The van der Waals surface area contributed by atoms with Crippen molar-refractivity contribution in [3.8, 4) is 0 Å². The van der Waals surface area contributed by atoms with Crippen LogP contribution in [0.3, 0.4) is 0 Å². The molecule has 0 radical (unpaired) electrons. The molecule has 0 aliphatic carbocycles. The predicted molar refractivity (Wildman–Crippen MR) is 53.6 cm³/mol. The lowest BCUT2D eigenvalue weighted by atomic mass is 10.3. The summed E-state index contributed by atoms with van der Waals surface area (Å²) >= 11 is 3.22. The Morgan fingerprint density at radius 3 is 2.92 bits per heavy atom. The maximum Gasteiger partial charge on any atom is 0.236 e. The molecule has 0 aromatic carbocycles. The number of alkyl halides is 1. The predicted octanol–water partition coefficient (Wildman–Crippen LogP) is 2.02. The summed E-state index contributed by atoms with van der Waals surface area (Å²) < 4.78 is 5.12. The molecule has 1 rings (SSSR count). The van der Waals surface area contributed by atoms with Gasteiger partial charge in [-0.2, -0.15) is 0 Å². The van der Waals surface area contributed by atoms with Crippen LogP contribution in [0.25, 0.3) is 0 Å². The van der Waals surface area contributed by atoms with E-state index >= 15 is 0 Å². The average Bonchev–Trinajstić information content (AvgIpc) is 2.55. The summed E-state index contributed by atoms with van der Waals surface area (Å²) in [6, 6.07) is 3.66. The zero-order chi connectivity index (χ0) is 9.84. The zero-order valence-corrected chi connectivity index (χ0v) is 9.24. The lowest BCUT2D eigenvalue weighted by molar-refractivity contribution is -0.129. The highest BCUT2D eigenvalue weighted by Gasteiger charge is 2.14. The lowest BCUT2D eigenvalue weighted by Gasteiger charge is -2.16. The van der Waals surface area contributed by atoms with E-state index in [1.807, 2.05) is 12.1 Å². The van der Waals surface area contributed by atoms with Crippen molar-refractivity contribution >= 4 is 21.8 Å². The molecule has 1 atom stereocenters. The molecule has 1 heterocycles. The highest BCUT2D eigenvalue weighted by atomic mass is 79.9. The number of nitrogens with zero attached hydrogens (tertiary/aromatic N) is 1. The van der Waals surface area contributed by atoms with Gasteiger partial charge in [0.2, 0.25) is 5.91 Å². The molecule has 0 saturated heterocycles. The van der Waals surface area contributed by atoms with E-state index in [0.717, 1.165) is 5.76 Å². The quantitative estimate of drug-likeness (QED) is 0.764. The minimum atomic E-state index is -0.146. The van der Waals surface area contributed by atoms with E-state index in [2.05, 4.69) is 15.9 Å². The highest BCUT2D eigenvalue weighted by molar-refractivity contribution is 9.10. The van der Waals surface area contributed by atoms with E-state index in [1.54, 1.807) is 25.1 Å². The Hall–Kier alpha value is -0.770. The Morgan fingerprint density at radius 2 is 2.46 bits per heavy atom. The average molecular weight is 246 g/mol. The Balaban J connectivity index is 2.51. The van der Waals surface area contributed by atoms with E-state index in [1.165, 1.54) is 0 Å². The van der Waals surface area contributed by atoms with Gasteiger partial charge in [0.1, 0.15) is 5.76 Å². The molecule has 1 aromatic rings. The third kappa shape index (κ3) is 2.88. The number of furan rings is 1. The van der Waals surface area contributed by atoms with E-state index < -0.39 is 0 Å². The van der Waals surface area contributed by atoms with Crippen molar-refractivity contribution in [1.82, 2.24) is 4.90 Å². The minimum absolute atomic E-state index is 0.0522. The van der Waals surface area contributed by atoms with Crippen molar-refractivity contribution in [3.63, 3.8) is 0 Å². The molecule has 0 bridgehead atoms. The molecule has 1 unspecified atom stereocenters. The molecule has 0 saturated carbocycles. The van der Waals surface area contributed by atoms with Gasteiger partial charge in [0.15, 0.2) is 0 Å². The largest absolute Gasteiger partial charge is 0.467 e. The molecular weight excluding hydrogens is 234 g/mol. The van der Waals surface area contributed by atoms with Crippen LogP contribution in [-0.2, 0) is 11.3 Å². The summed E-state index contributed by atoms with van der Waals surface area (Å²) in [7, 11) is 1.75. The minimum Gasteiger partial charge on any atom is -0.467 e. The van der Waals surface area contributed by atoms with Gasteiger partial charge in [0, 0.05) is 7.05 Å². The first kappa shape index (κ1) is 10.3. The number of hydrogen-bond acceptors (Lipinski definition) is 2. The summed E-state index contributed by atoms with van der Waals surface area (Å²) in [4.78, 5) is 12.9. The molecule has 3 nitrogen and oxygen atoms in total. The SMILES string of the molecule is CC(Br)C(=O)N(C)Cc1ccco1. The first-order chi connectivity index (χ1) is 6.11. The van der Waals surface area contributed by atoms with E-state index in [0.29, 0.717) is 6.54 Å². The lowest BCUT2D eigenvalue weighted by Crippen LogP contribution is -2.31. The van der Waals surface area contributed by atoms with Crippen LogP contribution in [0.2, 0.25) is 0 Å². The number of carbonyl (C=O) groups is 1. The number of carbonyl (C=O) groups excluding carboxylic acids is 1. The Labute approximate surface area is 85.8 Å². The number of rotatable bonds is 3. The van der Waals surface area contributed by atoms with Crippen molar-refractivity contribution < 1.29 is 9.21 Å². The maximum atomic E-state index is 11.4. The third-order valence-corrected chi connectivity index (χ3v) is 2.08. The normalized spacial score (nSPS) is 12.5. The second-order valence-corrected chi connectivity index (χ2v) is 4.26. The summed E-state index contributed by atoms with van der Waals surface area (Å²) in [5, 5.41) is 0. The zero-order valence-electron chi connectivity index (χ0n) is 7.66. The monoisotopic (exact) mass is 245 g/mol. The fraction of sp³-hybridized carbons (Fsp3) is 0.444. The molecule has 0 N–H and O–H groups in total. The van der Waals surface area contributed by atoms with Crippen LogP contribution in [0.1, 0.15) is 12.7 Å². The molecular formula is C9H12BrNO2. The first-order valence-corrected chi connectivity index (χ1v) is 4.94. The van der Waals surface area contributed by atoms with Crippen molar-refractivity contribution in [2.75, 3.05) is 7.05 Å². The van der Waals surface area contributed by atoms with Gasteiger partial charge >= 0.3 is 0 Å².